The summed E-state index contributed by atoms with van der Waals surface area (Å²) in [6.45, 7) is 0. The van der Waals surface area contributed by atoms with E-state index in [-0.39, 0.29) is 5.82 Å². The number of benzene rings is 2. The fourth-order valence-corrected chi connectivity index (χ4v) is 4.25. The Labute approximate surface area is 189 Å². The highest BCUT2D eigenvalue weighted by atomic mass is 79.9. The summed E-state index contributed by atoms with van der Waals surface area (Å²) in [5.41, 5.74) is 2.75. The lowest BCUT2D eigenvalue weighted by molar-refractivity contribution is 0.195. The fraction of sp³-hybridized carbons (Fsp3) is 0.0500. The van der Waals surface area contributed by atoms with Crippen molar-refractivity contribution in [1.29, 1.82) is 0 Å². The van der Waals surface area contributed by atoms with Gasteiger partial charge < -0.3 is 5.21 Å². The Morgan fingerprint density at radius 2 is 1.76 bits per heavy atom. The van der Waals surface area contributed by atoms with Crippen LogP contribution in [0.25, 0.3) is 34.0 Å². The third kappa shape index (κ3) is 3.88. The summed E-state index contributed by atoms with van der Waals surface area (Å²) in [4.78, 5) is 13.5. The van der Waals surface area contributed by atoms with Crippen LogP contribution in [0.2, 0.25) is 10.0 Å². The summed E-state index contributed by atoms with van der Waals surface area (Å²) in [6.07, 6.45) is 3.54. The van der Waals surface area contributed by atoms with E-state index in [4.69, 9.17) is 28.2 Å². The van der Waals surface area contributed by atoms with Gasteiger partial charge in [-0.25, -0.2) is 15.0 Å². The van der Waals surface area contributed by atoms with E-state index in [2.05, 4.69) is 25.9 Å². The first-order chi connectivity index (χ1) is 14.0. The maximum Gasteiger partial charge on any atom is 0.187 e. The molecule has 0 unspecified atom stereocenters. The van der Waals surface area contributed by atoms with E-state index in [0.29, 0.717) is 37.8 Å². The van der Waals surface area contributed by atoms with Crippen molar-refractivity contribution in [3.8, 4) is 34.0 Å². The molecule has 0 fully saturated rings. The summed E-state index contributed by atoms with van der Waals surface area (Å²) in [7, 11) is 0. The zero-order valence-corrected chi connectivity index (χ0v) is 18.9. The highest BCUT2D eigenvalue weighted by molar-refractivity contribution is 9.10. The van der Waals surface area contributed by atoms with Crippen LogP contribution in [0, 0.1) is 0 Å². The predicted molar refractivity (Wildman–Crippen MR) is 121 cm³/mol. The minimum atomic E-state index is 0.231. The van der Waals surface area contributed by atoms with Crippen LogP contribution in [0.5, 0.6) is 0 Å². The highest BCUT2D eigenvalue weighted by Crippen LogP contribution is 2.40. The number of hydrogen-bond donors (Lipinski definition) is 1. The maximum atomic E-state index is 11.1. The van der Waals surface area contributed by atoms with Gasteiger partial charge in [0, 0.05) is 16.2 Å². The Kier molecular flexibility index (Phi) is 5.83. The van der Waals surface area contributed by atoms with Crippen LogP contribution in [0.1, 0.15) is 0 Å². The van der Waals surface area contributed by atoms with Gasteiger partial charge in [-0.1, -0.05) is 69.1 Å². The molecule has 0 aliphatic rings. The predicted octanol–water partition coefficient (Wildman–Crippen LogP) is 6.70. The molecule has 0 bridgehead atoms. The molecule has 0 amide bonds. The van der Waals surface area contributed by atoms with Gasteiger partial charge in [-0.3, -0.25) is 0 Å². The van der Waals surface area contributed by atoms with Gasteiger partial charge in [0.25, 0.3) is 0 Å². The molecule has 4 aromatic rings. The highest BCUT2D eigenvalue weighted by Gasteiger charge is 2.25. The number of thioether (sulfide) groups is 1. The molecule has 29 heavy (non-hydrogen) atoms. The van der Waals surface area contributed by atoms with E-state index < -0.39 is 0 Å². The molecule has 0 atom stereocenters. The van der Waals surface area contributed by atoms with Crippen LogP contribution in [0.4, 0.5) is 0 Å². The lowest BCUT2D eigenvalue weighted by Gasteiger charge is -2.08. The van der Waals surface area contributed by atoms with Crippen LogP contribution >= 0.6 is 50.9 Å². The Balaban J connectivity index is 2.04. The number of imidazole rings is 1. The molecule has 0 spiro atoms. The third-order valence-electron chi connectivity index (χ3n) is 4.20. The number of rotatable bonds is 4. The average Bonchev–Trinajstić information content (AvgIpc) is 3.05. The van der Waals surface area contributed by atoms with Crippen molar-refractivity contribution in [3.05, 3.63) is 69.2 Å². The molecule has 2 aromatic carbocycles. The molecular formula is C20H13BrCl2N4OS. The summed E-state index contributed by atoms with van der Waals surface area (Å²) in [5.74, 6) is 0.231. The summed E-state index contributed by atoms with van der Waals surface area (Å²) in [6, 6.07) is 14.5. The van der Waals surface area contributed by atoms with Gasteiger partial charge in [-0.2, -0.15) is 4.73 Å². The Morgan fingerprint density at radius 1 is 1.03 bits per heavy atom. The van der Waals surface area contributed by atoms with Gasteiger partial charge in [-0.05, 0) is 36.6 Å². The van der Waals surface area contributed by atoms with Gasteiger partial charge in [0.2, 0.25) is 0 Å². The monoisotopic (exact) mass is 506 g/mol. The van der Waals surface area contributed by atoms with Gasteiger partial charge in [0.1, 0.15) is 11.4 Å². The normalized spacial score (nSPS) is 11.0. The molecule has 0 radical (unpaired) electrons. The van der Waals surface area contributed by atoms with E-state index in [1.165, 1.54) is 11.8 Å². The molecule has 0 aliphatic heterocycles. The van der Waals surface area contributed by atoms with Gasteiger partial charge in [0.15, 0.2) is 11.0 Å². The quantitative estimate of drug-likeness (QED) is 0.189. The van der Waals surface area contributed by atoms with Crippen LogP contribution in [0.3, 0.4) is 0 Å². The van der Waals surface area contributed by atoms with E-state index in [0.717, 1.165) is 14.8 Å². The second kappa shape index (κ2) is 8.36. The summed E-state index contributed by atoms with van der Waals surface area (Å²) < 4.78 is 1.87. The molecule has 146 valence electrons. The first-order valence-corrected chi connectivity index (χ1v) is 11.2. The molecule has 2 aromatic heterocycles. The van der Waals surface area contributed by atoms with E-state index >= 15 is 0 Å². The Hall–Kier alpha value is -2.06. The molecule has 4 rings (SSSR count). The van der Waals surface area contributed by atoms with Crippen LogP contribution in [0.15, 0.2) is 64.4 Å². The Morgan fingerprint density at radius 3 is 2.45 bits per heavy atom. The van der Waals surface area contributed by atoms with Crippen molar-refractivity contribution in [2.24, 2.45) is 0 Å². The van der Waals surface area contributed by atoms with Crippen molar-refractivity contribution >= 4 is 50.9 Å². The molecule has 2 heterocycles. The van der Waals surface area contributed by atoms with Crippen molar-refractivity contribution in [2.75, 3.05) is 6.26 Å². The third-order valence-corrected chi connectivity index (χ3v) is 5.88. The smallest absolute Gasteiger partial charge is 0.187 e. The molecule has 1 N–H and O–H groups in total. The zero-order chi connectivity index (χ0) is 20.5. The topological polar surface area (TPSA) is 63.8 Å². The standard InChI is InChI=1S/C20H13BrCl2N4OS/c1-29-20-24-9-8-15(25-20)18-17(11-4-2-5-12(21)10-11)26-19(27(18)28)16-13(22)6-3-7-14(16)23/h2-10,28H,1H3. The van der Waals surface area contributed by atoms with Crippen molar-refractivity contribution in [2.45, 2.75) is 5.16 Å². The van der Waals surface area contributed by atoms with E-state index in [1.807, 2.05) is 30.5 Å². The maximum absolute atomic E-state index is 11.1. The SMILES string of the molecule is CSc1nccc(-c2c(-c3cccc(Br)c3)nc(-c3c(Cl)cccc3Cl)n2O)n1. The molecule has 0 saturated heterocycles. The van der Waals surface area contributed by atoms with Crippen LogP contribution < -0.4 is 0 Å². The minimum Gasteiger partial charge on any atom is -0.426 e. The minimum absolute atomic E-state index is 0.231. The largest absolute Gasteiger partial charge is 0.426 e. The average molecular weight is 508 g/mol. The second-order valence-electron chi connectivity index (χ2n) is 5.98. The van der Waals surface area contributed by atoms with Crippen LogP contribution in [-0.2, 0) is 0 Å². The molecule has 5 nitrogen and oxygen atoms in total. The first kappa shape index (κ1) is 20.2. The number of nitrogens with zero attached hydrogens (tertiary/aromatic N) is 4. The fourth-order valence-electron chi connectivity index (χ4n) is 2.92. The lowest BCUT2D eigenvalue weighted by atomic mass is 10.1. The molecule has 9 heteroatoms. The summed E-state index contributed by atoms with van der Waals surface area (Å²) in [5, 5.41) is 12.5. The number of aromatic nitrogens is 4. The molecule has 0 aliphatic carbocycles. The van der Waals surface area contributed by atoms with Gasteiger partial charge in [-0.15, -0.1) is 0 Å². The van der Waals surface area contributed by atoms with Crippen molar-refractivity contribution < 1.29 is 5.21 Å². The number of halogens is 3. The molecule has 0 saturated carbocycles. The van der Waals surface area contributed by atoms with Crippen molar-refractivity contribution in [1.82, 2.24) is 19.7 Å². The molecular weight excluding hydrogens is 495 g/mol. The second-order valence-corrected chi connectivity index (χ2v) is 8.48. The van der Waals surface area contributed by atoms with Crippen molar-refractivity contribution in [3.63, 3.8) is 0 Å². The van der Waals surface area contributed by atoms with Crippen LogP contribution in [-0.4, -0.2) is 31.1 Å². The summed E-state index contributed by atoms with van der Waals surface area (Å²) >= 11 is 17.7. The van der Waals surface area contributed by atoms with E-state index in [1.54, 1.807) is 30.5 Å². The van der Waals surface area contributed by atoms with Gasteiger partial charge in [0.05, 0.1) is 21.3 Å². The Bertz CT molecular complexity index is 1190. The number of hydrogen-bond acceptors (Lipinski definition) is 5. The van der Waals surface area contributed by atoms with E-state index in [9.17, 15) is 5.21 Å². The zero-order valence-electron chi connectivity index (χ0n) is 15.0. The van der Waals surface area contributed by atoms with Gasteiger partial charge >= 0.3 is 0 Å². The lowest BCUT2D eigenvalue weighted by Crippen LogP contribution is -2.00. The first-order valence-electron chi connectivity index (χ1n) is 8.39.